The van der Waals surface area contributed by atoms with Gasteiger partial charge in [-0.15, -0.1) is 10.2 Å². The van der Waals surface area contributed by atoms with Gasteiger partial charge in [-0.3, -0.25) is 4.79 Å². The van der Waals surface area contributed by atoms with Crippen LogP contribution in [0, 0.1) is 5.41 Å². The third kappa shape index (κ3) is 5.27. The van der Waals surface area contributed by atoms with Gasteiger partial charge in [-0.05, 0) is 43.3 Å². The van der Waals surface area contributed by atoms with E-state index in [2.05, 4.69) is 20.8 Å². The van der Waals surface area contributed by atoms with Gasteiger partial charge in [0.25, 0.3) is 0 Å². The molecule has 7 heteroatoms. The predicted octanol–water partition coefficient (Wildman–Crippen LogP) is 3.38. The average molecular weight is 342 g/mol. The number of carbonyl (C=O) groups excluding carboxylic acids is 2. The lowest BCUT2D eigenvalue weighted by molar-refractivity contribution is -0.123. The topological polar surface area (TPSA) is 93.2 Å². The molecule has 0 fully saturated rings. The van der Waals surface area contributed by atoms with E-state index in [0.717, 1.165) is 5.69 Å². The number of carbonyl (C=O) groups is 2. The Bertz CT molecular complexity index is 734. The zero-order chi connectivity index (χ0) is 18.4. The van der Waals surface area contributed by atoms with E-state index in [1.54, 1.807) is 43.3 Å². The number of aromatic nitrogens is 2. The summed E-state index contributed by atoms with van der Waals surface area (Å²) < 4.78 is 4.94. The van der Waals surface area contributed by atoms with Gasteiger partial charge in [0, 0.05) is 11.1 Å². The Hall–Kier alpha value is -2.96. The number of nitrogens with one attached hydrogen (secondary N) is 2. The van der Waals surface area contributed by atoms with Crippen LogP contribution in [0.2, 0.25) is 0 Å². The van der Waals surface area contributed by atoms with Gasteiger partial charge >= 0.3 is 5.97 Å². The van der Waals surface area contributed by atoms with Crippen molar-refractivity contribution < 1.29 is 14.3 Å². The van der Waals surface area contributed by atoms with E-state index in [1.165, 1.54) is 0 Å². The van der Waals surface area contributed by atoms with Crippen LogP contribution in [0.3, 0.4) is 0 Å². The molecule has 0 saturated carbocycles. The molecule has 0 aliphatic rings. The molecule has 0 radical (unpaired) electrons. The summed E-state index contributed by atoms with van der Waals surface area (Å²) in [6.07, 6.45) is 0. The number of ether oxygens (including phenoxy) is 1. The smallest absolute Gasteiger partial charge is 0.338 e. The van der Waals surface area contributed by atoms with E-state index in [1.807, 2.05) is 20.8 Å². The minimum Gasteiger partial charge on any atom is -0.462 e. The predicted molar refractivity (Wildman–Crippen MR) is 95.8 cm³/mol. The first-order valence-electron chi connectivity index (χ1n) is 7.99. The third-order valence-electron chi connectivity index (χ3n) is 3.26. The summed E-state index contributed by atoms with van der Waals surface area (Å²) >= 11 is 0. The van der Waals surface area contributed by atoms with Crippen molar-refractivity contribution in [3.63, 3.8) is 0 Å². The second kappa shape index (κ2) is 7.74. The Kier molecular flexibility index (Phi) is 5.69. The van der Waals surface area contributed by atoms with E-state index in [4.69, 9.17) is 4.74 Å². The van der Waals surface area contributed by atoms with E-state index in [-0.39, 0.29) is 11.9 Å². The molecule has 0 unspecified atom stereocenters. The highest BCUT2D eigenvalue weighted by atomic mass is 16.5. The van der Waals surface area contributed by atoms with Crippen LogP contribution in [0.25, 0.3) is 0 Å². The van der Waals surface area contributed by atoms with Crippen LogP contribution in [-0.2, 0) is 9.53 Å². The van der Waals surface area contributed by atoms with Crippen LogP contribution in [0.4, 0.5) is 17.3 Å². The van der Waals surface area contributed by atoms with Crippen molar-refractivity contribution in [2.24, 2.45) is 5.41 Å². The lowest BCUT2D eigenvalue weighted by Gasteiger charge is -2.16. The number of benzene rings is 1. The number of rotatable bonds is 5. The SMILES string of the molecule is CCOC(=O)c1ccc(Nc2ccc(NC(=O)C(C)(C)C)nn2)cc1. The van der Waals surface area contributed by atoms with Crippen molar-refractivity contribution in [3.05, 3.63) is 42.0 Å². The maximum atomic E-state index is 11.9. The number of hydrogen-bond donors (Lipinski definition) is 2. The van der Waals surface area contributed by atoms with Crippen molar-refractivity contribution in [2.45, 2.75) is 27.7 Å². The molecule has 1 aromatic heterocycles. The zero-order valence-electron chi connectivity index (χ0n) is 14.8. The van der Waals surface area contributed by atoms with Crippen LogP contribution in [0.15, 0.2) is 36.4 Å². The normalized spacial score (nSPS) is 10.9. The summed E-state index contributed by atoms with van der Waals surface area (Å²) in [5, 5.41) is 13.8. The maximum absolute atomic E-state index is 11.9. The summed E-state index contributed by atoms with van der Waals surface area (Å²) in [6.45, 7) is 7.58. The minimum atomic E-state index is -0.501. The molecule has 1 amide bonds. The maximum Gasteiger partial charge on any atom is 0.338 e. The minimum absolute atomic E-state index is 0.128. The first-order valence-corrected chi connectivity index (χ1v) is 7.99. The van der Waals surface area contributed by atoms with Crippen LogP contribution >= 0.6 is 0 Å². The Morgan fingerprint density at radius 2 is 1.60 bits per heavy atom. The van der Waals surface area contributed by atoms with Crippen molar-refractivity contribution in [2.75, 3.05) is 17.2 Å². The highest BCUT2D eigenvalue weighted by Crippen LogP contribution is 2.18. The molecule has 2 aromatic rings. The summed E-state index contributed by atoms with van der Waals surface area (Å²) in [4.78, 5) is 23.5. The van der Waals surface area contributed by atoms with Gasteiger partial charge < -0.3 is 15.4 Å². The second-order valence-electron chi connectivity index (χ2n) is 6.43. The standard InChI is InChI=1S/C18H22N4O3/c1-5-25-16(23)12-6-8-13(9-7-12)19-14-10-11-15(22-21-14)20-17(24)18(2,3)4/h6-11H,5H2,1-4H3,(H,19,21)(H,20,22,24). The first-order chi connectivity index (χ1) is 11.8. The number of hydrogen-bond acceptors (Lipinski definition) is 6. The van der Waals surface area contributed by atoms with Crippen molar-refractivity contribution >= 4 is 29.2 Å². The molecule has 132 valence electrons. The third-order valence-corrected chi connectivity index (χ3v) is 3.26. The van der Waals surface area contributed by atoms with Crippen LogP contribution in [0.1, 0.15) is 38.1 Å². The lowest BCUT2D eigenvalue weighted by Crippen LogP contribution is -2.28. The van der Waals surface area contributed by atoms with E-state index in [9.17, 15) is 9.59 Å². The number of anilines is 3. The molecular formula is C18H22N4O3. The summed E-state index contributed by atoms with van der Waals surface area (Å²) in [6, 6.07) is 10.2. The van der Waals surface area contributed by atoms with Crippen molar-refractivity contribution in [1.29, 1.82) is 0 Å². The molecule has 2 rings (SSSR count). The molecule has 0 bridgehead atoms. The quantitative estimate of drug-likeness (QED) is 0.809. The molecule has 0 aliphatic heterocycles. The van der Waals surface area contributed by atoms with Gasteiger partial charge in [-0.25, -0.2) is 4.79 Å². The second-order valence-corrected chi connectivity index (χ2v) is 6.43. The van der Waals surface area contributed by atoms with Gasteiger partial charge in [0.15, 0.2) is 11.6 Å². The van der Waals surface area contributed by atoms with Crippen LogP contribution in [0.5, 0.6) is 0 Å². The lowest BCUT2D eigenvalue weighted by atomic mass is 9.96. The average Bonchev–Trinajstić information content (AvgIpc) is 2.56. The van der Waals surface area contributed by atoms with Gasteiger partial charge in [-0.2, -0.15) is 0 Å². The Balaban J connectivity index is 1.99. The van der Waals surface area contributed by atoms with Gasteiger partial charge in [0.1, 0.15) is 0 Å². The van der Waals surface area contributed by atoms with Gasteiger partial charge in [-0.1, -0.05) is 20.8 Å². The molecular weight excluding hydrogens is 320 g/mol. The Labute approximate surface area is 146 Å². The number of amides is 1. The largest absolute Gasteiger partial charge is 0.462 e. The summed E-state index contributed by atoms with van der Waals surface area (Å²) in [5.74, 6) is 0.436. The summed E-state index contributed by atoms with van der Waals surface area (Å²) in [7, 11) is 0. The van der Waals surface area contributed by atoms with Gasteiger partial charge in [0.2, 0.25) is 5.91 Å². The first kappa shape index (κ1) is 18.4. The molecule has 25 heavy (non-hydrogen) atoms. The molecule has 0 spiro atoms. The molecule has 0 atom stereocenters. The zero-order valence-corrected chi connectivity index (χ0v) is 14.8. The monoisotopic (exact) mass is 342 g/mol. The number of nitrogens with zero attached hydrogens (tertiary/aromatic N) is 2. The van der Waals surface area contributed by atoms with E-state index in [0.29, 0.717) is 23.8 Å². The molecule has 1 heterocycles. The molecule has 0 aliphatic carbocycles. The number of esters is 1. The fraction of sp³-hybridized carbons (Fsp3) is 0.333. The molecule has 0 saturated heterocycles. The van der Waals surface area contributed by atoms with E-state index < -0.39 is 5.41 Å². The highest BCUT2D eigenvalue weighted by Gasteiger charge is 2.21. The molecule has 2 N–H and O–H groups in total. The molecule has 7 nitrogen and oxygen atoms in total. The van der Waals surface area contributed by atoms with Gasteiger partial charge in [0.05, 0.1) is 12.2 Å². The Morgan fingerprint density at radius 1 is 1.00 bits per heavy atom. The van der Waals surface area contributed by atoms with Crippen molar-refractivity contribution in [3.8, 4) is 0 Å². The Morgan fingerprint density at radius 3 is 2.12 bits per heavy atom. The fourth-order valence-electron chi connectivity index (χ4n) is 1.82. The molecule has 1 aromatic carbocycles. The summed E-state index contributed by atoms with van der Waals surface area (Å²) in [5.41, 5.74) is 0.742. The highest BCUT2D eigenvalue weighted by molar-refractivity contribution is 5.93. The van der Waals surface area contributed by atoms with Crippen LogP contribution < -0.4 is 10.6 Å². The van der Waals surface area contributed by atoms with Crippen LogP contribution in [-0.4, -0.2) is 28.7 Å². The van der Waals surface area contributed by atoms with E-state index >= 15 is 0 Å². The fourth-order valence-corrected chi connectivity index (χ4v) is 1.82. The van der Waals surface area contributed by atoms with Crippen molar-refractivity contribution in [1.82, 2.24) is 10.2 Å².